The molecule has 1 aromatic carbocycles. The Labute approximate surface area is 129 Å². The van der Waals surface area contributed by atoms with E-state index in [2.05, 4.69) is 10.6 Å². The molecule has 2 aromatic rings. The second kappa shape index (κ2) is 5.35. The first kappa shape index (κ1) is 14.4. The van der Waals surface area contributed by atoms with E-state index in [9.17, 15) is 4.79 Å². The van der Waals surface area contributed by atoms with Crippen LogP contribution in [0.2, 0.25) is 0 Å². The Morgan fingerprint density at radius 2 is 2.24 bits per heavy atom. The summed E-state index contributed by atoms with van der Waals surface area (Å²) in [7, 11) is 0. The van der Waals surface area contributed by atoms with E-state index in [0.29, 0.717) is 17.6 Å². The van der Waals surface area contributed by atoms with Gasteiger partial charge in [0.05, 0.1) is 6.26 Å². The molecule has 0 saturated carbocycles. The topological polar surface area (TPSA) is 54.3 Å². The van der Waals surface area contributed by atoms with Gasteiger partial charge in [0.25, 0.3) is 5.91 Å². The van der Waals surface area contributed by atoms with Crippen molar-refractivity contribution in [3.63, 3.8) is 0 Å². The lowest BCUT2D eigenvalue weighted by atomic mass is 9.95. The van der Waals surface area contributed by atoms with Crippen molar-refractivity contribution in [1.29, 1.82) is 0 Å². The van der Waals surface area contributed by atoms with Crippen LogP contribution in [0.3, 0.4) is 0 Å². The van der Waals surface area contributed by atoms with Gasteiger partial charge in [0.2, 0.25) is 0 Å². The van der Waals surface area contributed by atoms with E-state index in [1.807, 2.05) is 25.1 Å². The smallest absolute Gasteiger partial charge is 0.251 e. The van der Waals surface area contributed by atoms with Gasteiger partial charge >= 0.3 is 0 Å². The lowest BCUT2D eigenvalue weighted by Crippen LogP contribution is -2.42. The van der Waals surface area contributed by atoms with Crippen molar-refractivity contribution in [3.05, 3.63) is 35.6 Å². The maximum Gasteiger partial charge on any atom is 0.251 e. The van der Waals surface area contributed by atoms with Crippen LogP contribution in [-0.2, 0) is 0 Å². The molecule has 112 valence electrons. The highest BCUT2D eigenvalue weighted by Gasteiger charge is 2.39. The number of carbonyl (C=O) groups is 1. The third-order valence-corrected chi connectivity index (χ3v) is 4.65. The zero-order valence-electron chi connectivity index (χ0n) is 11.9. The summed E-state index contributed by atoms with van der Waals surface area (Å²) < 4.78 is 5.42. The molecule has 21 heavy (non-hydrogen) atoms. The van der Waals surface area contributed by atoms with E-state index in [-0.39, 0.29) is 24.4 Å². The molecule has 0 unspecified atom stereocenters. The summed E-state index contributed by atoms with van der Waals surface area (Å²) in [6.45, 7) is 1.99. The molecule has 2 aliphatic heterocycles. The number of benzene rings is 1. The van der Waals surface area contributed by atoms with Crippen LogP contribution in [0.15, 0.2) is 28.9 Å². The normalized spacial score (nSPS) is 26.8. The summed E-state index contributed by atoms with van der Waals surface area (Å²) in [6.07, 6.45) is 5.21. The highest BCUT2D eigenvalue weighted by atomic mass is 35.5. The highest BCUT2D eigenvalue weighted by Crippen LogP contribution is 2.28. The quantitative estimate of drug-likeness (QED) is 0.897. The van der Waals surface area contributed by atoms with Crippen molar-refractivity contribution in [1.82, 2.24) is 10.6 Å². The van der Waals surface area contributed by atoms with Crippen LogP contribution in [-0.4, -0.2) is 24.0 Å². The van der Waals surface area contributed by atoms with Gasteiger partial charge in [-0.25, -0.2) is 0 Å². The van der Waals surface area contributed by atoms with E-state index in [1.165, 1.54) is 12.8 Å². The minimum Gasteiger partial charge on any atom is -0.464 e. The van der Waals surface area contributed by atoms with E-state index in [0.717, 1.165) is 23.0 Å². The summed E-state index contributed by atoms with van der Waals surface area (Å²) in [6, 6.07) is 6.97. The first-order chi connectivity index (χ1) is 9.70. The fourth-order valence-electron chi connectivity index (χ4n) is 3.53. The van der Waals surface area contributed by atoms with Gasteiger partial charge in [0.1, 0.15) is 5.58 Å². The van der Waals surface area contributed by atoms with Gasteiger partial charge < -0.3 is 15.1 Å². The van der Waals surface area contributed by atoms with Gasteiger partial charge in [-0.1, -0.05) is 0 Å². The molecular weight excluding hydrogens is 288 g/mol. The van der Waals surface area contributed by atoms with Crippen molar-refractivity contribution in [3.8, 4) is 0 Å². The largest absolute Gasteiger partial charge is 0.464 e. The predicted octanol–water partition coefficient (Wildman–Crippen LogP) is 2.79. The summed E-state index contributed by atoms with van der Waals surface area (Å²) in [5.41, 5.74) is 2.61. The van der Waals surface area contributed by atoms with Crippen molar-refractivity contribution in [2.75, 3.05) is 0 Å². The summed E-state index contributed by atoms with van der Waals surface area (Å²) in [5, 5.41) is 7.73. The molecule has 1 amide bonds. The Morgan fingerprint density at radius 3 is 2.95 bits per heavy atom. The number of carbonyl (C=O) groups excluding carboxylic acids is 1. The minimum absolute atomic E-state index is 0. The molecule has 0 aliphatic carbocycles. The van der Waals surface area contributed by atoms with Crippen LogP contribution >= 0.6 is 12.4 Å². The highest BCUT2D eigenvalue weighted by molar-refractivity contribution is 5.98. The minimum atomic E-state index is 0. The Balaban J connectivity index is 0.00000132. The second-order valence-electron chi connectivity index (χ2n) is 5.99. The Hall–Kier alpha value is -1.52. The average molecular weight is 307 g/mol. The van der Waals surface area contributed by atoms with Crippen LogP contribution < -0.4 is 10.6 Å². The Bertz CT molecular complexity index is 682. The molecule has 2 fully saturated rings. The van der Waals surface area contributed by atoms with E-state index in [1.54, 1.807) is 6.26 Å². The van der Waals surface area contributed by atoms with Gasteiger partial charge in [-0.3, -0.25) is 4.79 Å². The number of hydrogen-bond donors (Lipinski definition) is 2. The molecule has 4 nitrogen and oxygen atoms in total. The summed E-state index contributed by atoms with van der Waals surface area (Å²) >= 11 is 0. The molecule has 2 bridgehead atoms. The van der Waals surface area contributed by atoms with Crippen LogP contribution in [0.5, 0.6) is 0 Å². The van der Waals surface area contributed by atoms with Crippen molar-refractivity contribution in [2.45, 2.75) is 44.3 Å². The van der Waals surface area contributed by atoms with Crippen molar-refractivity contribution < 1.29 is 9.21 Å². The number of furan rings is 1. The lowest BCUT2D eigenvalue weighted by Gasteiger charge is -2.21. The second-order valence-corrected chi connectivity index (χ2v) is 5.99. The number of rotatable bonds is 2. The maximum absolute atomic E-state index is 12.4. The molecule has 2 saturated heterocycles. The third kappa shape index (κ3) is 2.43. The third-order valence-electron chi connectivity index (χ3n) is 4.65. The van der Waals surface area contributed by atoms with E-state index >= 15 is 0 Å². The molecule has 2 aliphatic rings. The van der Waals surface area contributed by atoms with Crippen molar-refractivity contribution >= 4 is 29.3 Å². The van der Waals surface area contributed by atoms with Crippen molar-refractivity contribution in [2.24, 2.45) is 0 Å². The summed E-state index contributed by atoms with van der Waals surface area (Å²) in [5.74, 6) is 0.0202. The van der Waals surface area contributed by atoms with Crippen LogP contribution in [0.1, 0.15) is 35.2 Å². The molecule has 1 aromatic heterocycles. The van der Waals surface area contributed by atoms with Gasteiger partial charge in [0.15, 0.2) is 0 Å². The zero-order valence-corrected chi connectivity index (χ0v) is 12.7. The zero-order chi connectivity index (χ0) is 13.7. The number of fused-ring (bicyclic) bond motifs is 3. The molecule has 0 spiro atoms. The van der Waals surface area contributed by atoms with Gasteiger partial charge in [0, 0.05) is 29.1 Å². The number of hydrogen-bond acceptors (Lipinski definition) is 3. The molecule has 4 rings (SSSR count). The standard InChI is InChI=1S/C16H18N2O2.ClH/c1-9-8-20-15-5-2-10(6-12(9)15)16(19)18-14-7-11-3-4-13(14)17-11;/h2,5-6,8,11,13-14,17H,3-4,7H2,1H3,(H,18,19);1H/t11-,13+,14-;/m1./s1. The van der Waals surface area contributed by atoms with E-state index < -0.39 is 0 Å². The number of nitrogens with one attached hydrogen (secondary N) is 2. The van der Waals surface area contributed by atoms with Gasteiger partial charge in [-0.05, 0) is 49.9 Å². The number of halogens is 1. The monoisotopic (exact) mass is 306 g/mol. The predicted molar refractivity (Wildman–Crippen MR) is 84.0 cm³/mol. The molecule has 0 radical (unpaired) electrons. The first-order valence-corrected chi connectivity index (χ1v) is 7.25. The molecule has 3 heterocycles. The molecule has 3 atom stereocenters. The maximum atomic E-state index is 12.4. The molecule has 2 N–H and O–H groups in total. The summed E-state index contributed by atoms with van der Waals surface area (Å²) in [4.78, 5) is 12.4. The number of amides is 1. The lowest BCUT2D eigenvalue weighted by molar-refractivity contribution is 0.0931. The SMILES string of the molecule is Cc1coc2ccc(C(=O)N[C@@H]3C[C@H]4CC[C@@H]3N4)cc12.Cl. The Morgan fingerprint density at radius 1 is 1.38 bits per heavy atom. The molecular formula is C16H19ClN2O2. The average Bonchev–Trinajstić information content (AvgIpc) is 3.15. The fraction of sp³-hybridized carbons (Fsp3) is 0.438. The van der Waals surface area contributed by atoms with Crippen LogP contribution in [0.25, 0.3) is 11.0 Å². The first-order valence-electron chi connectivity index (χ1n) is 7.25. The van der Waals surface area contributed by atoms with E-state index in [4.69, 9.17) is 4.42 Å². The Kier molecular flexibility index (Phi) is 3.68. The number of aryl methyl sites for hydroxylation is 1. The van der Waals surface area contributed by atoms with Gasteiger partial charge in [-0.15, -0.1) is 12.4 Å². The van der Waals surface area contributed by atoms with Crippen LogP contribution in [0.4, 0.5) is 0 Å². The van der Waals surface area contributed by atoms with Crippen LogP contribution in [0, 0.1) is 6.92 Å². The molecule has 5 heteroatoms. The fourth-order valence-corrected chi connectivity index (χ4v) is 3.53. The van der Waals surface area contributed by atoms with Gasteiger partial charge in [-0.2, -0.15) is 0 Å².